The van der Waals surface area contributed by atoms with Gasteiger partial charge in [0.15, 0.2) is 11.9 Å². The standard InChI is InChI=1S/C32H25ClF6N2O6/c1-16-4-9-27(23(33)10-16)46-17(2)29(43)41-25-14-26(42)24(15-28(25)47-22-7-5-21(45-3)6-8-22)40-30(44)18-11-19(31(34,35)36)13-20(12-18)32(37,38)39/h4-15,17,42H,1-3H3,(H,40,44)(H,41,43). The number of halogens is 7. The number of rotatable bonds is 9. The fraction of sp³-hybridized carbons (Fsp3) is 0.188. The molecule has 0 spiro atoms. The van der Waals surface area contributed by atoms with Crippen LogP contribution in [0.2, 0.25) is 5.02 Å². The second-order valence-corrected chi connectivity index (χ2v) is 10.5. The van der Waals surface area contributed by atoms with Crippen molar-refractivity contribution in [1.82, 2.24) is 0 Å². The number of ether oxygens (including phenoxy) is 3. The Balaban J connectivity index is 1.67. The third kappa shape index (κ3) is 8.79. The first-order valence-corrected chi connectivity index (χ1v) is 13.9. The third-order valence-corrected chi connectivity index (χ3v) is 6.80. The van der Waals surface area contributed by atoms with Crippen molar-refractivity contribution in [3.63, 3.8) is 0 Å². The van der Waals surface area contributed by atoms with Crippen LogP contribution in [0.5, 0.6) is 28.7 Å². The SMILES string of the molecule is COc1ccc(Oc2cc(NC(=O)c3cc(C(F)(F)F)cc(C(F)(F)F)c3)c(O)cc2NC(=O)C(C)Oc2ccc(C)cc2Cl)cc1. The summed E-state index contributed by atoms with van der Waals surface area (Å²) in [7, 11) is 1.44. The Bertz CT molecular complexity index is 1760. The largest absolute Gasteiger partial charge is 0.506 e. The monoisotopic (exact) mass is 682 g/mol. The van der Waals surface area contributed by atoms with Crippen LogP contribution < -0.4 is 24.8 Å². The van der Waals surface area contributed by atoms with Gasteiger partial charge in [0.2, 0.25) is 0 Å². The van der Waals surface area contributed by atoms with Gasteiger partial charge in [-0.1, -0.05) is 17.7 Å². The van der Waals surface area contributed by atoms with Crippen LogP contribution in [0.25, 0.3) is 0 Å². The van der Waals surface area contributed by atoms with Gasteiger partial charge in [0, 0.05) is 17.7 Å². The number of carbonyl (C=O) groups excluding carboxylic acids is 2. The molecule has 0 radical (unpaired) electrons. The van der Waals surface area contributed by atoms with Crippen molar-refractivity contribution in [2.45, 2.75) is 32.3 Å². The van der Waals surface area contributed by atoms with Crippen molar-refractivity contribution in [3.05, 3.63) is 100 Å². The van der Waals surface area contributed by atoms with Crippen molar-refractivity contribution in [2.24, 2.45) is 0 Å². The molecule has 1 unspecified atom stereocenters. The van der Waals surface area contributed by atoms with Gasteiger partial charge in [-0.25, -0.2) is 0 Å². The number of benzene rings is 4. The zero-order chi connectivity index (χ0) is 34.7. The molecule has 0 fully saturated rings. The molecule has 0 aliphatic carbocycles. The zero-order valence-corrected chi connectivity index (χ0v) is 25.4. The third-order valence-electron chi connectivity index (χ3n) is 6.50. The van der Waals surface area contributed by atoms with E-state index in [1.165, 1.54) is 26.2 Å². The van der Waals surface area contributed by atoms with E-state index in [-0.39, 0.29) is 46.2 Å². The highest BCUT2D eigenvalue weighted by atomic mass is 35.5. The molecule has 0 bridgehead atoms. The van der Waals surface area contributed by atoms with Gasteiger partial charge < -0.3 is 30.0 Å². The molecule has 4 aromatic carbocycles. The van der Waals surface area contributed by atoms with Crippen LogP contribution in [0.15, 0.2) is 72.8 Å². The second-order valence-electron chi connectivity index (χ2n) is 10.1. The topological polar surface area (TPSA) is 106 Å². The molecule has 3 N–H and O–H groups in total. The predicted molar refractivity (Wildman–Crippen MR) is 160 cm³/mol. The Morgan fingerprint density at radius 3 is 1.94 bits per heavy atom. The molecule has 0 aliphatic rings. The number of aromatic hydroxyl groups is 1. The molecule has 8 nitrogen and oxygen atoms in total. The number of amides is 2. The second kappa shape index (κ2) is 13.7. The van der Waals surface area contributed by atoms with E-state index in [1.54, 1.807) is 30.3 Å². The van der Waals surface area contributed by atoms with E-state index in [1.807, 2.05) is 6.92 Å². The molecule has 0 aliphatic heterocycles. The molecule has 0 aromatic heterocycles. The number of anilines is 2. The zero-order valence-electron chi connectivity index (χ0n) is 24.6. The van der Waals surface area contributed by atoms with Crippen LogP contribution in [0.3, 0.4) is 0 Å². The maximum absolute atomic E-state index is 13.3. The Morgan fingerprint density at radius 1 is 0.787 bits per heavy atom. The minimum atomic E-state index is -5.19. The lowest BCUT2D eigenvalue weighted by atomic mass is 10.0. The summed E-state index contributed by atoms with van der Waals surface area (Å²) in [5.74, 6) is -2.13. The van der Waals surface area contributed by atoms with E-state index in [0.717, 1.165) is 17.7 Å². The number of hydrogen-bond acceptors (Lipinski definition) is 6. The summed E-state index contributed by atoms with van der Waals surface area (Å²) in [5.41, 5.74) is -4.12. The van der Waals surface area contributed by atoms with Crippen molar-refractivity contribution in [3.8, 4) is 28.7 Å². The molecule has 0 heterocycles. The highest BCUT2D eigenvalue weighted by Crippen LogP contribution is 2.40. The molecule has 0 saturated heterocycles. The lowest BCUT2D eigenvalue weighted by Gasteiger charge is -2.19. The van der Waals surface area contributed by atoms with E-state index in [4.69, 9.17) is 25.8 Å². The minimum absolute atomic E-state index is 0.121. The van der Waals surface area contributed by atoms with Crippen LogP contribution >= 0.6 is 11.6 Å². The number of phenolic OH excluding ortho intramolecular Hbond substituents is 1. The molecule has 248 valence electrons. The normalized spacial score (nSPS) is 12.2. The molecule has 47 heavy (non-hydrogen) atoms. The summed E-state index contributed by atoms with van der Waals surface area (Å²) < 4.78 is 96.7. The number of alkyl halides is 6. The highest BCUT2D eigenvalue weighted by Gasteiger charge is 2.37. The Labute approximate surface area is 268 Å². The fourth-order valence-corrected chi connectivity index (χ4v) is 4.36. The lowest BCUT2D eigenvalue weighted by Crippen LogP contribution is -2.30. The summed E-state index contributed by atoms with van der Waals surface area (Å²) in [4.78, 5) is 26.0. The van der Waals surface area contributed by atoms with Crippen molar-refractivity contribution in [1.29, 1.82) is 0 Å². The van der Waals surface area contributed by atoms with E-state index < -0.39 is 58.4 Å². The summed E-state index contributed by atoms with van der Waals surface area (Å²) in [6.07, 6.45) is -11.5. The van der Waals surface area contributed by atoms with E-state index in [9.17, 15) is 41.0 Å². The number of nitrogens with one attached hydrogen (secondary N) is 2. The van der Waals surface area contributed by atoms with Crippen molar-refractivity contribution in [2.75, 3.05) is 17.7 Å². The fourth-order valence-electron chi connectivity index (χ4n) is 4.08. The first kappa shape index (κ1) is 34.8. The van der Waals surface area contributed by atoms with E-state index >= 15 is 0 Å². The Morgan fingerprint density at radius 2 is 1.38 bits per heavy atom. The van der Waals surface area contributed by atoms with Crippen LogP contribution in [-0.2, 0) is 17.1 Å². The molecular formula is C32H25ClF6N2O6. The first-order valence-electron chi connectivity index (χ1n) is 13.5. The maximum atomic E-state index is 13.3. The average molecular weight is 683 g/mol. The molecule has 0 saturated carbocycles. The van der Waals surface area contributed by atoms with Gasteiger partial charge in [-0.05, 0) is 74.0 Å². The van der Waals surface area contributed by atoms with E-state index in [2.05, 4.69) is 10.6 Å². The summed E-state index contributed by atoms with van der Waals surface area (Å²) in [5, 5.41) is 15.6. The summed E-state index contributed by atoms with van der Waals surface area (Å²) in [6.45, 7) is 3.24. The maximum Gasteiger partial charge on any atom is 0.416 e. The minimum Gasteiger partial charge on any atom is -0.506 e. The van der Waals surface area contributed by atoms with Gasteiger partial charge in [0.05, 0.1) is 34.6 Å². The van der Waals surface area contributed by atoms with Crippen molar-refractivity contribution >= 4 is 34.8 Å². The smallest absolute Gasteiger partial charge is 0.416 e. The van der Waals surface area contributed by atoms with Gasteiger partial charge in [-0.2, -0.15) is 26.3 Å². The molecule has 4 aromatic rings. The molecule has 15 heteroatoms. The van der Waals surface area contributed by atoms with Crippen LogP contribution in [0, 0.1) is 6.92 Å². The van der Waals surface area contributed by atoms with Crippen LogP contribution in [0.4, 0.5) is 37.7 Å². The summed E-state index contributed by atoms with van der Waals surface area (Å²) in [6, 6.07) is 13.3. The molecule has 4 rings (SSSR count). The number of aryl methyl sites for hydroxylation is 1. The van der Waals surface area contributed by atoms with Gasteiger partial charge in [0.1, 0.15) is 23.0 Å². The number of carbonyl (C=O) groups is 2. The van der Waals surface area contributed by atoms with Gasteiger partial charge in [-0.3, -0.25) is 9.59 Å². The summed E-state index contributed by atoms with van der Waals surface area (Å²) >= 11 is 6.20. The van der Waals surface area contributed by atoms with Crippen LogP contribution in [-0.4, -0.2) is 30.1 Å². The average Bonchev–Trinajstić information content (AvgIpc) is 2.99. The van der Waals surface area contributed by atoms with Gasteiger partial charge in [0.25, 0.3) is 11.8 Å². The first-order chi connectivity index (χ1) is 21.9. The number of hydrogen-bond donors (Lipinski definition) is 3. The molecular weight excluding hydrogens is 658 g/mol. The number of methoxy groups -OCH3 is 1. The van der Waals surface area contributed by atoms with E-state index in [0.29, 0.717) is 5.75 Å². The van der Waals surface area contributed by atoms with Gasteiger partial charge >= 0.3 is 12.4 Å². The quantitative estimate of drug-likeness (QED) is 0.120. The highest BCUT2D eigenvalue weighted by molar-refractivity contribution is 6.32. The molecule has 1 atom stereocenters. The molecule has 2 amide bonds. The number of phenols is 1. The van der Waals surface area contributed by atoms with Crippen molar-refractivity contribution < 1.29 is 55.2 Å². The Hall–Kier alpha value is -5.11. The lowest BCUT2D eigenvalue weighted by molar-refractivity contribution is -0.143. The van der Waals surface area contributed by atoms with Gasteiger partial charge in [-0.15, -0.1) is 0 Å². The van der Waals surface area contributed by atoms with Crippen LogP contribution in [0.1, 0.15) is 34.0 Å². The Kier molecular flexibility index (Phi) is 10.1. The predicted octanol–water partition coefficient (Wildman–Crippen LogP) is 8.85.